The zero-order chi connectivity index (χ0) is 15.2. The Morgan fingerprint density at radius 3 is 2.57 bits per heavy atom. The standard InChI is InChI=1S/C18H19FN2/c1-4-13-21(3)18-12-8-7-11-17(18)20-14(2)15-9-5-6-10-16(15)19/h4-12H,1,13H2,2-3H3. The molecule has 0 fully saturated rings. The number of nitrogens with zero attached hydrogens (tertiary/aromatic N) is 2. The predicted octanol–water partition coefficient (Wildman–Crippen LogP) is 4.59. The van der Waals surface area contributed by atoms with E-state index in [1.807, 2.05) is 50.4 Å². The largest absolute Gasteiger partial charge is 0.369 e. The Hall–Kier alpha value is -2.42. The van der Waals surface area contributed by atoms with Crippen molar-refractivity contribution < 1.29 is 4.39 Å². The van der Waals surface area contributed by atoms with Crippen LogP contribution in [-0.4, -0.2) is 19.3 Å². The van der Waals surface area contributed by atoms with Crippen LogP contribution < -0.4 is 4.90 Å². The van der Waals surface area contributed by atoms with Gasteiger partial charge >= 0.3 is 0 Å². The van der Waals surface area contributed by atoms with E-state index in [9.17, 15) is 4.39 Å². The lowest BCUT2D eigenvalue weighted by Crippen LogP contribution is -2.16. The SMILES string of the molecule is C=CCN(C)c1ccccc1N=C(C)c1ccccc1F. The third-order valence-electron chi connectivity index (χ3n) is 3.25. The predicted molar refractivity (Wildman–Crippen MR) is 88.2 cm³/mol. The summed E-state index contributed by atoms with van der Waals surface area (Å²) in [5.74, 6) is -0.254. The fourth-order valence-electron chi connectivity index (χ4n) is 2.17. The lowest BCUT2D eigenvalue weighted by molar-refractivity contribution is 0.625. The van der Waals surface area contributed by atoms with Crippen molar-refractivity contribution in [3.8, 4) is 0 Å². The van der Waals surface area contributed by atoms with Crippen molar-refractivity contribution >= 4 is 17.1 Å². The number of likely N-dealkylation sites (N-methyl/N-ethyl adjacent to an activating group) is 1. The summed E-state index contributed by atoms with van der Waals surface area (Å²) in [6.45, 7) is 6.30. The Morgan fingerprint density at radius 2 is 1.86 bits per heavy atom. The molecule has 0 heterocycles. The molecule has 0 saturated carbocycles. The maximum absolute atomic E-state index is 13.8. The van der Waals surface area contributed by atoms with Gasteiger partial charge in [-0.1, -0.05) is 36.4 Å². The van der Waals surface area contributed by atoms with E-state index in [0.29, 0.717) is 11.3 Å². The van der Waals surface area contributed by atoms with Crippen LogP contribution in [0.3, 0.4) is 0 Å². The van der Waals surface area contributed by atoms with Crippen molar-refractivity contribution in [3.63, 3.8) is 0 Å². The molecule has 0 unspecified atom stereocenters. The number of halogens is 1. The third kappa shape index (κ3) is 3.57. The molecule has 2 aromatic rings. The second kappa shape index (κ2) is 6.84. The van der Waals surface area contributed by atoms with E-state index in [2.05, 4.69) is 16.5 Å². The van der Waals surface area contributed by atoms with Crippen LogP contribution in [-0.2, 0) is 0 Å². The molecule has 0 N–H and O–H groups in total. The maximum atomic E-state index is 13.8. The van der Waals surface area contributed by atoms with Crippen molar-refractivity contribution in [3.05, 3.63) is 72.6 Å². The molecule has 0 aliphatic rings. The molecule has 2 rings (SSSR count). The van der Waals surface area contributed by atoms with Crippen LogP contribution in [0.25, 0.3) is 0 Å². The van der Waals surface area contributed by atoms with Gasteiger partial charge in [-0.05, 0) is 25.1 Å². The van der Waals surface area contributed by atoms with Crippen molar-refractivity contribution in [1.29, 1.82) is 0 Å². The van der Waals surface area contributed by atoms with Crippen molar-refractivity contribution in [2.24, 2.45) is 4.99 Å². The van der Waals surface area contributed by atoms with Crippen molar-refractivity contribution in [2.75, 3.05) is 18.5 Å². The first kappa shape index (κ1) is 15.0. The van der Waals surface area contributed by atoms with Gasteiger partial charge in [-0.3, -0.25) is 4.99 Å². The summed E-state index contributed by atoms with van der Waals surface area (Å²) in [6, 6.07) is 14.5. The molecule has 0 atom stereocenters. The van der Waals surface area contributed by atoms with Gasteiger partial charge in [0, 0.05) is 24.9 Å². The van der Waals surface area contributed by atoms with Gasteiger partial charge in [-0.25, -0.2) is 4.39 Å². The Morgan fingerprint density at radius 1 is 1.19 bits per heavy atom. The Kier molecular flexibility index (Phi) is 4.88. The number of aliphatic imine (C=N–C) groups is 1. The lowest BCUT2D eigenvalue weighted by atomic mass is 10.1. The maximum Gasteiger partial charge on any atom is 0.132 e. The molecule has 3 heteroatoms. The van der Waals surface area contributed by atoms with Gasteiger partial charge in [0.1, 0.15) is 5.82 Å². The average molecular weight is 282 g/mol. The number of hydrogen-bond donors (Lipinski definition) is 0. The number of para-hydroxylation sites is 2. The summed E-state index contributed by atoms with van der Waals surface area (Å²) >= 11 is 0. The molecule has 2 aromatic carbocycles. The zero-order valence-electron chi connectivity index (χ0n) is 12.4. The summed E-state index contributed by atoms with van der Waals surface area (Å²) in [5.41, 5.74) is 3.00. The Labute approximate surface area is 125 Å². The highest BCUT2D eigenvalue weighted by molar-refractivity contribution is 6.01. The van der Waals surface area contributed by atoms with E-state index in [4.69, 9.17) is 0 Å². The zero-order valence-corrected chi connectivity index (χ0v) is 12.4. The van der Waals surface area contributed by atoms with Gasteiger partial charge in [0.05, 0.1) is 11.4 Å². The molecule has 0 amide bonds. The van der Waals surface area contributed by atoms with E-state index in [1.54, 1.807) is 12.1 Å². The van der Waals surface area contributed by atoms with Gasteiger partial charge in [-0.2, -0.15) is 0 Å². The van der Waals surface area contributed by atoms with Crippen LogP contribution in [0.15, 0.2) is 66.2 Å². The van der Waals surface area contributed by atoms with Crippen LogP contribution in [0, 0.1) is 5.82 Å². The number of anilines is 1. The molecule has 2 nitrogen and oxygen atoms in total. The molecule has 0 aliphatic heterocycles. The third-order valence-corrected chi connectivity index (χ3v) is 3.25. The van der Waals surface area contributed by atoms with Crippen LogP contribution in [0.5, 0.6) is 0 Å². The Bertz CT molecular complexity index is 662. The molecule has 0 saturated heterocycles. The molecule has 0 aromatic heterocycles. The first-order chi connectivity index (χ1) is 10.1. The fraction of sp³-hybridized carbons (Fsp3) is 0.167. The summed E-state index contributed by atoms with van der Waals surface area (Å²) < 4.78 is 13.8. The van der Waals surface area contributed by atoms with Crippen molar-refractivity contribution in [2.45, 2.75) is 6.92 Å². The minimum absolute atomic E-state index is 0.254. The molecule has 0 radical (unpaired) electrons. The van der Waals surface area contributed by atoms with E-state index in [-0.39, 0.29) is 5.82 Å². The van der Waals surface area contributed by atoms with Crippen molar-refractivity contribution in [1.82, 2.24) is 0 Å². The fourth-order valence-corrected chi connectivity index (χ4v) is 2.17. The highest BCUT2D eigenvalue weighted by Gasteiger charge is 2.08. The highest BCUT2D eigenvalue weighted by Crippen LogP contribution is 2.28. The minimum atomic E-state index is -0.254. The van der Waals surface area contributed by atoms with Crippen LogP contribution in [0.1, 0.15) is 12.5 Å². The quantitative estimate of drug-likeness (QED) is 0.578. The van der Waals surface area contributed by atoms with Crippen LogP contribution >= 0.6 is 0 Å². The van der Waals surface area contributed by atoms with E-state index < -0.39 is 0 Å². The van der Waals surface area contributed by atoms with E-state index in [1.165, 1.54) is 6.07 Å². The minimum Gasteiger partial charge on any atom is -0.369 e. The molecule has 0 bridgehead atoms. The van der Waals surface area contributed by atoms with E-state index >= 15 is 0 Å². The number of benzene rings is 2. The molecule has 0 aliphatic carbocycles. The molecule has 0 spiro atoms. The van der Waals surface area contributed by atoms with Gasteiger partial charge in [0.2, 0.25) is 0 Å². The van der Waals surface area contributed by atoms with Gasteiger partial charge in [0.25, 0.3) is 0 Å². The highest BCUT2D eigenvalue weighted by atomic mass is 19.1. The second-order valence-corrected chi connectivity index (χ2v) is 4.83. The normalized spacial score (nSPS) is 11.3. The monoisotopic (exact) mass is 282 g/mol. The molecule has 108 valence electrons. The van der Waals surface area contributed by atoms with Gasteiger partial charge < -0.3 is 4.90 Å². The first-order valence-electron chi connectivity index (χ1n) is 6.84. The van der Waals surface area contributed by atoms with Crippen LogP contribution in [0.2, 0.25) is 0 Å². The lowest BCUT2D eigenvalue weighted by Gasteiger charge is -2.19. The van der Waals surface area contributed by atoms with Gasteiger partial charge in [-0.15, -0.1) is 6.58 Å². The molecule has 21 heavy (non-hydrogen) atoms. The van der Waals surface area contributed by atoms with E-state index in [0.717, 1.165) is 17.9 Å². The summed E-state index contributed by atoms with van der Waals surface area (Å²) in [6.07, 6.45) is 1.84. The Balaban J connectivity index is 2.41. The van der Waals surface area contributed by atoms with Crippen LogP contribution in [0.4, 0.5) is 15.8 Å². The second-order valence-electron chi connectivity index (χ2n) is 4.83. The topological polar surface area (TPSA) is 15.6 Å². The molecular formula is C18H19FN2. The smallest absolute Gasteiger partial charge is 0.132 e. The van der Waals surface area contributed by atoms with Gasteiger partial charge in [0.15, 0.2) is 0 Å². The number of hydrogen-bond acceptors (Lipinski definition) is 2. The number of rotatable bonds is 5. The summed E-state index contributed by atoms with van der Waals surface area (Å²) in [7, 11) is 1.98. The summed E-state index contributed by atoms with van der Waals surface area (Å²) in [4.78, 5) is 6.65. The first-order valence-corrected chi connectivity index (χ1v) is 6.84. The molecular weight excluding hydrogens is 263 g/mol. The summed E-state index contributed by atoms with van der Waals surface area (Å²) in [5, 5.41) is 0. The average Bonchev–Trinajstić information content (AvgIpc) is 2.48.